The molecule has 3 aromatic rings. The van der Waals surface area contributed by atoms with Crippen LogP contribution >= 0.6 is 11.3 Å². The van der Waals surface area contributed by atoms with E-state index in [1.165, 1.54) is 24.3 Å². The molecule has 0 bridgehead atoms. The first-order valence-electron chi connectivity index (χ1n) is 11.5. The minimum absolute atomic E-state index is 0.215. The second-order valence-corrected chi connectivity index (χ2v) is 11.5. The van der Waals surface area contributed by atoms with Crippen molar-refractivity contribution in [2.45, 2.75) is 36.7 Å². The van der Waals surface area contributed by atoms with Crippen LogP contribution in [-0.4, -0.2) is 63.1 Å². The van der Waals surface area contributed by atoms with Gasteiger partial charge in [-0.2, -0.15) is 4.31 Å². The van der Waals surface area contributed by atoms with Gasteiger partial charge in [-0.05, 0) is 49.2 Å². The fourth-order valence-corrected chi connectivity index (χ4v) is 6.81. The molecule has 2 aliphatic heterocycles. The van der Waals surface area contributed by atoms with Crippen molar-refractivity contribution < 1.29 is 22.7 Å². The first-order valence-corrected chi connectivity index (χ1v) is 13.7. The molecular formula is C24H27N3O5S2. The van der Waals surface area contributed by atoms with Gasteiger partial charge in [0.25, 0.3) is 0 Å². The van der Waals surface area contributed by atoms with Crippen molar-refractivity contribution >= 4 is 42.7 Å². The molecule has 5 rings (SSSR count). The number of esters is 1. The molecule has 2 saturated heterocycles. The summed E-state index contributed by atoms with van der Waals surface area (Å²) < 4.78 is 39.4. The largest absolute Gasteiger partial charge is 0.494 e. The summed E-state index contributed by atoms with van der Waals surface area (Å²) in [5.41, 5.74) is 1.18. The quantitative estimate of drug-likeness (QED) is 0.473. The molecule has 0 aliphatic carbocycles. The van der Waals surface area contributed by atoms with Crippen molar-refractivity contribution in [3.63, 3.8) is 0 Å². The number of para-hydroxylation sites is 1. The number of thiazole rings is 1. The van der Waals surface area contributed by atoms with Gasteiger partial charge in [0.2, 0.25) is 10.0 Å². The minimum atomic E-state index is -3.54. The predicted molar refractivity (Wildman–Crippen MR) is 131 cm³/mol. The molecule has 8 nitrogen and oxygen atoms in total. The normalized spacial score (nSPS) is 17.9. The lowest BCUT2D eigenvalue weighted by Crippen LogP contribution is -2.53. The summed E-state index contributed by atoms with van der Waals surface area (Å²) in [6, 6.07) is 11.9. The number of benzene rings is 2. The molecule has 0 saturated carbocycles. The van der Waals surface area contributed by atoms with Crippen molar-refractivity contribution in [1.29, 1.82) is 0 Å². The van der Waals surface area contributed by atoms with Crippen LogP contribution in [0.1, 0.15) is 36.0 Å². The number of hydrogen-bond acceptors (Lipinski definition) is 8. The van der Waals surface area contributed by atoms with Crippen LogP contribution in [-0.2, 0) is 14.8 Å². The van der Waals surface area contributed by atoms with Crippen LogP contribution in [0.25, 0.3) is 10.2 Å². The van der Waals surface area contributed by atoms with Gasteiger partial charge in [-0.1, -0.05) is 30.2 Å². The Bertz CT molecular complexity index is 1280. The number of carbonyl (C=O) groups is 1. The van der Waals surface area contributed by atoms with Gasteiger partial charge < -0.3 is 14.4 Å². The van der Waals surface area contributed by atoms with E-state index in [0.717, 1.165) is 46.8 Å². The zero-order chi connectivity index (χ0) is 23.7. The van der Waals surface area contributed by atoms with E-state index in [-0.39, 0.29) is 11.0 Å². The molecule has 0 amide bonds. The van der Waals surface area contributed by atoms with E-state index < -0.39 is 16.0 Å². The van der Waals surface area contributed by atoms with Crippen LogP contribution in [0.4, 0.5) is 5.13 Å². The van der Waals surface area contributed by atoms with Crippen LogP contribution in [0.5, 0.6) is 5.75 Å². The molecule has 0 radical (unpaired) electrons. The monoisotopic (exact) mass is 501 g/mol. The third kappa shape index (κ3) is 4.49. The van der Waals surface area contributed by atoms with Crippen molar-refractivity contribution in [3.8, 4) is 5.75 Å². The highest BCUT2D eigenvalue weighted by atomic mass is 32.2. The fraction of sp³-hybridized carbons (Fsp3) is 0.417. The molecule has 1 aromatic heterocycles. The molecule has 0 spiro atoms. The Kier molecular flexibility index (Phi) is 6.46. The Hall–Kier alpha value is -2.69. The maximum absolute atomic E-state index is 12.9. The summed E-state index contributed by atoms with van der Waals surface area (Å²) in [7, 11) is -1.91. The number of methoxy groups -OCH3 is 1. The third-order valence-electron chi connectivity index (χ3n) is 6.28. The van der Waals surface area contributed by atoms with E-state index >= 15 is 0 Å². The number of sulfonamides is 1. The van der Waals surface area contributed by atoms with Gasteiger partial charge >= 0.3 is 5.97 Å². The van der Waals surface area contributed by atoms with Crippen LogP contribution in [0.3, 0.4) is 0 Å². The number of hydrogen-bond donors (Lipinski definition) is 0. The molecule has 10 heteroatoms. The third-order valence-corrected chi connectivity index (χ3v) is 9.27. The number of aromatic nitrogens is 1. The van der Waals surface area contributed by atoms with Crippen LogP contribution < -0.4 is 9.64 Å². The van der Waals surface area contributed by atoms with Crippen molar-refractivity contribution in [1.82, 2.24) is 9.29 Å². The van der Waals surface area contributed by atoms with Gasteiger partial charge in [-0.25, -0.2) is 18.2 Å². The zero-order valence-corrected chi connectivity index (χ0v) is 20.6. The van der Waals surface area contributed by atoms with E-state index in [1.807, 2.05) is 18.2 Å². The summed E-state index contributed by atoms with van der Waals surface area (Å²) in [6.07, 6.45) is 3.64. The lowest BCUT2D eigenvalue weighted by Gasteiger charge is -2.38. The molecule has 0 N–H and O–H groups in total. The van der Waals surface area contributed by atoms with Crippen molar-refractivity contribution in [2.75, 3.05) is 38.2 Å². The molecule has 34 heavy (non-hydrogen) atoms. The molecule has 2 aromatic carbocycles. The molecule has 0 atom stereocenters. The first kappa shape index (κ1) is 23.1. The van der Waals surface area contributed by atoms with Gasteiger partial charge in [0.15, 0.2) is 5.13 Å². The molecule has 2 aliphatic rings. The fourth-order valence-electron chi connectivity index (χ4n) is 4.29. The number of ether oxygens (including phenoxy) is 2. The van der Waals surface area contributed by atoms with E-state index in [0.29, 0.717) is 31.7 Å². The van der Waals surface area contributed by atoms with Crippen LogP contribution in [0.15, 0.2) is 47.4 Å². The van der Waals surface area contributed by atoms with Gasteiger partial charge in [0, 0.05) is 13.1 Å². The predicted octanol–water partition coefficient (Wildman–Crippen LogP) is 3.92. The Morgan fingerprint density at radius 2 is 1.74 bits per heavy atom. The molecule has 180 valence electrons. The van der Waals surface area contributed by atoms with Crippen LogP contribution in [0.2, 0.25) is 0 Å². The second-order valence-electron chi connectivity index (χ2n) is 8.58. The lowest BCUT2D eigenvalue weighted by atomic mass is 10.2. The minimum Gasteiger partial charge on any atom is -0.494 e. The summed E-state index contributed by atoms with van der Waals surface area (Å²) in [5.74, 6) is 0.291. The Labute approximate surface area is 203 Å². The first-order chi connectivity index (χ1) is 16.5. The highest BCUT2D eigenvalue weighted by molar-refractivity contribution is 7.89. The summed E-state index contributed by atoms with van der Waals surface area (Å²) in [4.78, 5) is 19.5. The van der Waals surface area contributed by atoms with E-state index in [1.54, 1.807) is 22.8 Å². The standard InChI is InChI=1S/C24H27N3O5S2/c1-31-20-7-6-8-21-22(20)25-24(33-21)26-15-18(16-26)32-23(28)17-9-11-19(12-10-17)34(29,30)27-13-4-2-3-5-14-27/h6-12,18H,2-5,13-16H2,1H3. The number of carbonyl (C=O) groups excluding carboxylic acids is 1. The van der Waals surface area contributed by atoms with Gasteiger partial charge in [-0.15, -0.1) is 0 Å². The lowest BCUT2D eigenvalue weighted by molar-refractivity contribution is 0.0234. The number of nitrogens with zero attached hydrogens (tertiary/aromatic N) is 3. The Balaban J connectivity index is 1.19. The SMILES string of the molecule is COc1cccc2sc(N3CC(OC(=O)c4ccc(S(=O)(=O)N5CCCCCC5)cc4)C3)nc12. The van der Waals surface area contributed by atoms with Gasteiger partial charge in [0.05, 0.1) is 35.4 Å². The Morgan fingerprint density at radius 1 is 1.03 bits per heavy atom. The number of rotatable bonds is 6. The molecule has 0 unspecified atom stereocenters. The van der Waals surface area contributed by atoms with E-state index in [4.69, 9.17) is 9.47 Å². The van der Waals surface area contributed by atoms with E-state index in [9.17, 15) is 13.2 Å². The van der Waals surface area contributed by atoms with Crippen molar-refractivity contribution in [2.24, 2.45) is 0 Å². The molecule has 2 fully saturated rings. The molecular weight excluding hydrogens is 474 g/mol. The summed E-state index contributed by atoms with van der Waals surface area (Å²) >= 11 is 1.58. The number of fused-ring (bicyclic) bond motifs is 1. The van der Waals surface area contributed by atoms with E-state index in [2.05, 4.69) is 9.88 Å². The highest BCUT2D eigenvalue weighted by Gasteiger charge is 2.33. The maximum atomic E-state index is 12.9. The molecule has 3 heterocycles. The highest BCUT2D eigenvalue weighted by Crippen LogP contribution is 2.36. The van der Waals surface area contributed by atoms with Gasteiger partial charge in [0.1, 0.15) is 17.4 Å². The second kappa shape index (κ2) is 9.52. The Morgan fingerprint density at radius 3 is 2.41 bits per heavy atom. The number of anilines is 1. The van der Waals surface area contributed by atoms with Crippen LogP contribution in [0, 0.1) is 0 Å². The average Bonchev–Trinajstić information content (AvgIpc) is 3.05. The van der Waals surface area contributed by atoms with Gasteiger partial charge in [-0.3, -0.25) is 0 Å². The summed E-state index contributed by atoms with van der Waals surface area (Å²) in [5, 5.41) is 0.870. The van der Waals surface area contributed by atoms with Crippen molar-refractivity contribution in [3.05, 3.63) is 48.0 Å². The average molecular weight is 502 g/mol. The summed E-state index contributed by atoms with van der Waals surface area (Å²) in [6.45, 7) is 2.22. The maximum Gasteiger partial charge on any atom is 0.338 e. The topological polar surface area (TPSA) is 89.0 Å². The smallest absolute Gasteiger partial charge is 0.338 e. The zero-order valence-electron chi connectivity index (χ0n) is 19.0.